The number of nitro groups is 2. The van der Waals surface area contributed by atoms with Crippen molar-refractivity contribution in [2.24, 2.45) is 0 Å². The summed E-state index contributed by atoms with van der Waals surface area (Å²) in [5.74, 6) is -1.81. The summed E-state index contributed by atoms with van der Waals surface area (Å²) in [6, 6.07) is 10.1. The van der Waals surface area contributed by atoms with Crippen molar-refractivity contribution >= 4 is 40.7 Å². The number of halogens is 1. The Hall–Kier alpha value is -4.32. The van der Waals surface area contributed by atoms with Crippen LogP contribution in [-0.2, 0) is 4.74 Å². The van der Waals surface area contributed by atoms with E-state index in [0.29, 0.717) is 5.69 Å². The molecule has 2 aromatic carbocycles. The van der Waals surface area contributed by atoms with E-state index < -0.39 is 43.7 Å². The maximum Gasteiger partial charge on any atom is 0.343 e. The van der Waals surface area contributed by atoms with Gasteiger partial charge in [-0.2, -0.15) is 5.10 Å². The normalized spacial score (nSPS) is 10.4. The lowest BCUT2D eigenvalue weighted by Crippen LogP contribution is -2.18. The van der Waals surface area contributed by atoms with E-state index in [2.05, 4.69) is 10.4 Å². The van der Waals surface area contributed by atoms with Crippen molar-refractivity contribution in [3.63, 3.8) is 0 Å². The maximum absolute atomic E-state index is 12.9. The molecule has 3 aromatic rings. The fraction of sp³-hybridized carbons (Fsp3) is 0.105. The number of benzene rings is 2. The molecule has 1 aromatic heterocycles. The van der Waals surface area contributed by atoms with Gasteiger partial charge in [0.2, 0.25) is 0 Å². The van der Waals surface area contributed by atoms with Crippen LogP contribution >= 0.6 is 11.6 Å². The van der Waals surface area contributed by atoms with E-state index in [1.165, 1.54) is 10.9 Å². The Labute approximate surface area is 184 Å². The fourth-order valence-corrected chi connectivity index (χ4v) is 3.01. The number of para-hydroxylation sites is 1. The summed E-state index contributed by atoms with van der Waals surface area (Å²) in [6.07, 6.45) is 1.19. The zero-order valence-corrected chi connectivity index (χ0v) is 17.1. The number of ether oxygens (including phenoxy) is 1. The fourth-order valence-electron chi connectivity index (χ4n) is 2.76. The molecular weight excluding hydrogens is 446 g/mol. The molecule has 12 nitrogen and oxygen atoms in total. The molecule has 1 N–H and O–H groups in total. The minimum absolute atomic E-state index is 0.0678. The van der Waals surface area contributed by atoms with Crippen LogP contribution in [0.5, 0.6) is 0 Å². The largest absolute Gasteiger partial charge is 0.462 e. The van der Waals surface area contributed by atoms with Crippen molar-refractivity contribution in [1.29, 1.82) is 0 Å². The van der Waals surface area contributed by atoms with Gasteiger partial charge < -0.3 is 10.1 Å². The van der Waals surface area contributed by atoms with Crippen LogP contribution in [0.15, 0.2) is 48.7 Å². The summed E-state index contributed by atoms with van der Waals surface area (Å²) in [5.41, 5.74) is -1.63. The molecule has 1 heterocycles. The number of carbonyl (C=O) groups excluding carboxylic acids is 2. The second-order valence-electron chi connectivity index (χ2n) is 6.17. The van der Waals surface area contributed by atoms with Crippen molar-refractivity contribution < 1.29 is 24.2 Å². The Morgan fingerprint density at radius 3 is 2.25 bits per heavy atom. The number of hydrogen-bond donors (Lipinski definition) is 1. The van der Waals surface area contributed by atoms with E-state index in [4.69, 9.17) is 16.3 Å². The Bertz CT molecular complexity index is 1190. The van der Waals surface area contributed by atoms with E-state index in [-0.39, 0.29) is 18.0 Å². The topological polar surface area (TPSA) is 160 Å². The summed E-state index contributed by atoms with van der Waals surface area (Å²) in [5, 5.41) is 28.3. The number of rotatable bonds is 7. The standard InChI is InChI=1S/C19H14ClN5O7/c1-2-32-19(27)13-10-21-23(12-6-4-3-5-7-12)17(13)22-18(26)11-8-14(24(28)29)16(20)15(9-11)25(30)31/h3-10H,2H2,1H3,(H,22,26). The van der Waals surface area contributed by atoms with Gasteiger partial charge >= 0.3 is 5.97 Å². The molecule has 0 radical (unpaired) electrons. The first kappa shape index (κ1) is 22.4. The molecule has 0 saturated heterocycles. The van der Waals surface area contributed by atoms with Crippen LogP contribution in [0, 0.1) is 20.2 Å². The zero-order valence-electron chi connectivity index (χ0n) is 16.4. The SMILES string of the molecule is CCOC(=O)c1cnn(-c2ccccc2)c1NC(=O)c1cc([N+](=O)[O-])c(Cl)c([N+](=O)[O-])c1. The third-order valence-corrected chi connectivity index (χ3v) is 4.57. The van der Waals surface area contributed by atoms with Crippen molar-refractivity contribution in [3.05, 3.63) is 85.0 Å². The highest BCUT2D eigenvalue weighted by atomic mass is 35.5. The van der Waals surface area contributed by atoms with Gasteiger partial charge in [-0.3, -0.25) is 25.0 Å². The second-order valence-corrected chi connectivity index (χ2v) is 6.55. The van der Waals surface area contributed by atoms with Gasteiger partial charge in [0.15, 0.2) is 10.8 Å². The molecule has 0 aliphatic rings. The molecular formula is C19H14ClN5O7. The van der Waals surface area contributed by atoms with E-state index in [9.17, 15) is 29.8 Å². The van der Waals surface area contributed by atoms with Crippen molar-refractivity contribution in [2.45, 2.75) is 6.92 Å². The van der Waals surface area contributed by atoms with Gasteiger partial charge in [0.1, 0.15) is 5.56 Å². The maximum atomic E-state index is 12.9. The van der Waals surface area contributed by atoms with Crippen LogP contribution in [0.25, 0.3) is 5.69 Å². The highest BCUT2D eigenvalue weighted by Gasteiger charge is 2.28. The number of aromatic nitrogens is 2. The first-order chi connectivity index (χ1) is 15.2. The minimum Gasteiger partial charge on any atom is -0.462 e. The molecule has 0 saturated carbocycles. The summed E-state index contributed by atoms with van der Waals surface area (Å²) in [6.45, 7) is 1.67. The van der Waals surface area contributed by atoms with Crippen LogP contribution < -0.4 is 5.32 Å². The summed E-state index contributed by atoms with van der Waals surface area (Å²) in [7, 11) is 0. The van der Waals surface area contributed by atoms with Crippen LogP contribution in [-0.4, -0.2) is 38.1 Å². The van der Waals surface area contributed by atoms with E-state index in [1.807, 2.05) is 0 Å². The number of nitrogens with zero attached hydrogens (tertiary/aromatic N) is 4. The van der Waals surface area contributed by atoms with Crippen molar-refractivity contribution in [3.8, 4) is 5.69 Å². The Balaban J connectivity index is 2.09. The van der Waals surface area contributed by atoms with Gasteiger partial charge in [0, 0.05) is 12.1 Å². The number of esters is 1. The number of nitro benzene ring substituents is 2. The molecule has 0 aliphatic carbocycles. The summed E-state index contributed by atoms with van der Waals surface area (Å²) in [4.78, 5) is 45.8. The van der Waals surface area contributed by atoms with Crippen LogP contribution in [0.1, 0.15) is 27.6 Å². The predicted octanol–water partition coefficient (Wildman–Crippen LogP) is 3.77. The second kappa shape index (κ2) is 9.22. The highest BCUT2D eigenvalue weighted by molar-refractivity contribution is 6.35. The smallest absolute Gasteiger partial charge is 0.343 e. The summed E-state index contributed by atoms with van der Waals surface area (Å²) < 4.78 is 6.24. The monoisotopic (exact) mass is 459 g/mol. The number of nitrogens with one attached hydrogen (secondary N) is 1. The molecule has 0 atom stereocenters. The lowest BCUT2D eigenvalue weighted by molar-refractivity contribution is -0.393. The lowest BCUT2D eigenvalue weighted by atomic mass is 10.1. The number of hydrogen-bond acceptors (Lipinski definition) is 8. The van der Waals surface area contributed by atoms with Gasteiger partial charge in [-0.15, -0.1) is 0 Å². The van der Waals surface area contributed by atoms with E-state index in [1.54, 1.807) is 37.3 Å². The van der Waals surface area contributed by atoms with Crippen molar-refractivity contribution in [2.75, 3.05) is 11.9 Å². The number of carbonyl (C=O) groups is 2. The minimum atomic E-state index is -0.962. The molecule has 13 heteroatoms. The average molecular weight is 460 g/mol. The molecule has 1 amide bonds. The van der Waals surface area contributed by atoms with Gasteiger partial charge in [-0.25, -0.2) is 9.48 Å². The first-order valence-corrected chi connectivity index (χ1v) is 9.36. The van der Waals surface area contributed by atoms with Gasteiger partial charge in [0.05, 0.1) is 33.9 Å². The molecule has 32 heavy (non-hydrogen) atoms. The molecule has 0 aliphatic heterocycles. The molecule has 0 bridgehead atoms. The lowest BCUT2D eigenvalue weighted by Gasteiger charge is -2.11. The highest BCUT2D eigenvalue weighted by Crippen LogP contribution is 2.35. The Morgan fingerprint density at radius 2 is 1.72 bits per heavy atom. The molecule has 0 unspecified atom stereocenters. The predicted molar refractivity (Wildman–Crippen MR) is 112 cm³/mol. The first-order valence-electron chi connectivity index (χ1n) is 8.98. The number of amides is 1. The molecule has 164 valence electrons. The van der Waals surface area contributed by atoms with Crippen LogP contribution in [0.4, 0.5) is 17.2 Å². The molecule has 0 spiro atoms. The van der Waals surface area contributed by atoms with Crippen molar-refractivity contribution in [1.82, 2.24) is 9.78 Å². The zero-order chi connectivity index (χ0) is 23.4. The quantitative estimate of drug-likeness (QED) is 0.317. The third-order valence-electron chi connectivity index (χ3n) is 4.19. The van der Waals surface area contributed by atoms with Crippen LogP contribution in [0.2, 0.25) is 5.02 Å². The average Bonchev–Trinajstić information content (AvgIpc) is 3.17. The van der Waals surface area contributed by atoms with Crippen LogP contribution in [0.3, 0.4) is 0 Å². The Kier molecular flexibility index (Phi) is 6.45. The number of anilines is 1. The molecule has 0 fully saturated rings. The van der Waals surface area contributed by atoms with Gasteiger partial charge in [-0.1, -0.05) is 29.8 Å². The van der Waals surface area contributed by atoms with E-state index in [0.717, 1.165) is 12.1 Å². The third kappa shape index (κ3) is 4.39. The summed E-state index contributed by atoms with van der Waals surface area (Å²) >= 11 is 5.73. The van der Waals surface area contributed by atoms with E-state index >= 15 is 0 Å². The van der Waals surface area contributed by atoms with Gasteiger partial charge in [-0.05, 0) is 19.1 Å². The Morgan fingerprint density at radius 1 is 1.12 bits per heavy atom. The van der Waals surface area contributed by atoms with Gasteiger partial charge in [0.25, 0.3) is 17.3 Å². The molecule has 3 rings (SSSR count).